The SMILES string of the molecule is COCc1nc(-c2ccc3c(c2)OC[C@H]3NC(=O)N(C)C2COC2)no1. The summed E-state index contributed by atoms with van der Waals surface area (Å²) in [5.41, 5.74) is 1.71. The minimum atomic E-state index is -0.190. The van der Waals surface area contributed by atoms with Crippen molar-refractivity contribution in [3.63, 3.8) is 0 Å². The van der Waals surface area contributed by atoms with Crippen LogP contribution in [-0.4, -0.2) is 61.1 Å². The molecule has 2 aliphatic rings. The van der Waals surface area contributed by atoms with Crippen molar-refractivity contribution in [2.75, 3.05) is 34.0 Å². The number of nitrogens with one attached hydrogen (secondary N) is 1. The van der Waals surface area contributed by atoms with Crippen LogP contribution in [0.4, 0.5) is 4.79 Å². The van der Waals surface area contributed by atoms with E-state index < -0.39 is 0 Å². The second-order valence-corrected chi connectivity index (χ2v) is 6.31. The zero-order chi connectivity index (χ0) is 18.1. The summed E-state index contributed by atoms with van der Waals surface area (Å²) in [6.45, 7) is 1.82. The summed E-state index contributed by atoms with van der Waals surface area (Å²) in [5, 5.41) is 6.95. The topological polar surface area (TPSA) is 99.0 Å². The monoisotopic (exact) mass is 360 g/mol. The molecule has 9 heteroatoms. The molecule has 3 heterocycles. The summed E-state index contributed by atoms with van der Waals surface area (Å²) in [6.07, 6.45) is 0. The second kappa shape index (κ2) is 6.93. The minimum absolute atomic E-state index is 0.133. The molecule has 1 fully saturated rings. The van der Waals surface area contributed by atoms with E-state index in [1.165, 1.54) is 0 Å². The Bertz CT molecular complexity index is 804. The summed E-state index contributed by atoms with van der Waals surface area (Å²) in [5.74, 6) is 1.60. The number of hydrogen-bond acceptors (Lipinski definition) is 7. The summed E-state index contributed by atoms with van der Waals surface area (Å²) in [6, 6.07) is 5.47. The van der Waals surface area contributed by atoms with Crippen LogP contribution in [0.25, 0.3) is 11.4 Å². The summed E-state index contributed by atoms with van der Waals surface area (Å²) in [7, 11) is 3.34. The Morgan fingerprint density at radius 3 is 2.96 bits per heavy atom. The average molecular weight is 360 g/mol. The number of benzene rings is 1. The highest BCUT2D eigenvalue weighted by Crippen LogP contribution is 2.35. The van der Waals surface area contributed by atoms with E-state index in [2.05, 4.69) is 15.5 Å². The highest BCUT2D eigenvalue weighted by molar-refractivity contribution is 5.75. The molecular formula is C17H20N4O5. The first kappa shape index (κ1) is 16.8. The summed E-state index contributed by atoms with van der Waals surface area (Å²) in [4.78, 5) is 18.3. The predicted molar refractivity (Wildman–Crippen MR) is 89.6 cm³/mol. The number of ether oxygens (including phenoxy) is 3. The third kappa shape index (κ3) is 3.11. The number of rotatable bonds is 5. The van der Waals surface area contributed by atoms with E-state index in [-0.39, 0.29) is 24.7 Å². The third-order valence-electron chi connectivity index (χ3n) is 4.57. The number of urea groups is 1. The van der Waals surface area contributed by atoms with Gasteiger partial charge in [-0.2, -0.15) is 4.98 Å². The van der Waals surface area contributed by atoms with E-state index in [1.807, 2.05) is 18.2 Å². The summed E-state index contributed by atoms with van der Waals surface area (Å²) < 4.78 is 21.0. The van der Waals surface area contributed by atoms with Gasteiger partial charge in [-0.3, -0.25) is 0 Å². The molecule has 1 atom stereocenters. The maximum atomic E-state index is 12.4. The Kier molecular flexibility index (Phi) is 4.48. The Balaban J connectivity index is 1.46. The van der Waals surface area contributed by atoms with Crippen LogP contribution in [0, 0.1) is 0 Å². The van der Waals surface area contributed by atoms with E-state index in [0.717, 1.165) is 11.1 Å². The standard InChI is InChI=1S/C17H20N4O5/c1-21(11-6-24-7-11)17(22)18-13-8-25-14-5-10(3-4-12(13)14)16-19-15(9-23-2)26-20-16/h3-5,11,13H,6-9H2,1-2H3,(H,18,22)/t13-/m1/s1. The van der Waals surface area contributed by atoms with Gasteiger partial charge in [0.2, 0.25) is 5.82 Å². The highest BCUT2D eigenvalue weighted by atomic mass is 16.5. The number of hydrogen-bond donors (Lipinski definition) is 1. The molecule has 2 aromatic rings. The van der Waals surface area contributed by atoms with E-state index in [1.54, 1.807) is 19.1 Å². The third-order valence-corrected chi connectivity index (χ3v) is 4.57. The van der Waals surface area contributed by atoms with Crippen molar-refractivity contribution in [1.82, 2.24) is 20.4 Å². The van der Waals surface area contributed by atoms with Gasteiger partial charge in [-0.05, 0) is 6.07 Å². The van der Waals surface area contributed by atoms with Gasteiger partial charge in [0.25, 0.3) is 5.89 Å². The lowest BCUT2D eigenvalue weighted by Crippen LogP contribution is -2.53. The Morgan fingerprint density at radius 1 is 1.38 bits per heavy atom. The quantitative estimate of drug-likeness (QED) is 0.859. The molecule has 0 bridgehead atoms. The van der Waals surface area contributed by atoms with Crippen LogP contribution in [0.5, 0.6) is 5.75 Å². The van der Waals surface area contributed by atoms with Crippen molar-refractivity contribution in [2.45, 2.75) is 18.7 Å². The molecule has 1 aromatic carbocycles. The van der Waals surface area contributed by atoms with Crippen LogP contribution in [0.2, 0.25) is 0 Å². The molecule has 138 valence electrons. The molecule has 26 heavy (non-hydrogen) atoms. The average Bonchev–Trinajstić information content (AvgIpc) is 3.20. The van der Waals surface area contributed by atoms with E-state index in [0.29, 0.717) is 37.3 Å². The number of fused-ring (bicyclic) bond motifs is 1. The number of carbonyl (C=O) groups excluding carboxylic acids is 1. The van der Waals surface area contributed by atoms with Crippen LogP contribution in [-0.2, 0) is 16.1 Å². The van der Waals surface area contributed by atoms with Gasteiger partial charge in [-0.25, -0.2) is 4.79 Å². The fraction of sp³-hybridized carbons (Fsp3) is 0.471. The summed E-state index contributed by atoms with van der Waals surface area (Å²) >= 11 is 0. The van der Waals surface area contributed by atoms with E-state index >= 15 is 0 Å². The number of methoxy groups -OCH3 is 1. The Hall–Kier alpha value is -2.65. The Labute approximate surface area is 150 Å². The molecule has 0 aliphatic carbocycles. The van der Waals surface area contributed by atoms with Crippen LogP contribution in [0.3, 0.4) is 0 Å². The number of likely N-dealkylation sites (N-methyl/N-ethyl adjacent to an activating group) is 1. The zero-order valence-electron chi connectivity index (χ0n) is 14.6. The fourth-order valence-corrected chi connectivity index (χ4v) is 2.89. The number of aromatic nitrogens is 2. The van der Waals surface area contributed by atoms with Gasteiger partial charge < -0.3 is 29.0 Å². The van der Waals surface area contributed by atoms with Gasteiger partial charge in [0.05, 0.1) is 25.3 Å². The molecule has 0 unspecified atom stereocenters. The van der Waals surface area contributed by atoms with Crippen molar-refractivity contribution in [2.24, 2.45) is 0 Å². The van der Waals surface area contributed by atoms with Crippen molar-refractivity contribution in [3.05, 3.63) is 29.7 Å². The lowest BCUT2D eigenvalue weighted by molar-refractivity contribution is -0.0421. The number of nitrogens with zero attached hydrogens (tertiary/aromatic N) is 3. The first-order chi connectivity index (χ1) is 12.7. The van der Waals surface area contributed by atoms with E-state index in [4.69, 9.17) is 18.7 Å². The van der Waals surface area contributed by atoms with E-state index in [9.17, 15) is 4.79 Å². The molecule has 1 N–H and O–H groups in total. The lowest BCUT2D eigenvalue weighted by atomic mass is 10.1. The van der Waals surface area contributed by atoms with Gasteiger partial charge in [0.15, 0.2) is 0 Å². The van der Waals surface area contributed by atoms with Crippen LogP contribution < -0.4 is 10.1 Å². The van der Waals surface area contributed by atoms with Crippen LogP contribution in [0.1, 0.15) is 17.5 Å². The number of carbonyl (C=O) groups is 1. The molecular weight excluding hydrogens is 340 g/mol. The molecule has 2 aliphatic heterocycles. The van der Waals surface area contributed by atoms with Crippen LogP contribution in [0.15, 0.2) is 22.7 Å². The molecule has 1 aromatic heterocycles. The lowest BCUT2D eigenvalue weighted by Gasteiger charge is -2.35. The first-order valence-corrected chi connectivity index (χ1v) is 8.35. The Morgan fingerprint density at radius 2 is 2.23 bits per heavy atom. The van der Waals surface area contributed by atoms with Crippen molar-refractivity contribution in [1.29, 1.82) is 0 Å². The van der Waals surface area contributed by atoms with Crippen LogP contribution >= 0.6 is 0 Å². The molecule has 1 saturated heterocycles. The van der Waals surface area contributed by atoms with Crippen molar-refractivity contribution in [3.8, 4) is 17.1 Å². The molecule has 0 saturated carbocycles. The fourth-order valence-electron chi connectivity index (χ4n) is 2.89. The van der Waals surface area contributed by atoms with Gasteiger partial charge in [0.1, 0.15) is 19.0 Å². The zero-order valence-corrected chi connectivity index (χ0v) is 14.6. The highest BCUT2D eigenvalue weighted by Gasteiger charge is 2.31. The molecule has 0 spiro atoms. The minimum Gasteiger partial charge on any atom is -0.491 e. The van der Waals surface area contributed by atoms with Crippen molar-refractivity contribution < 1.29 is 23.5 Å². The predicted octanol–water partition coefficient (Wildman–Crippen LogP) is 1.36. The maximum Gasteiger partial charge on any atom is 0.318 e. The van der Waals surface area contributed by atoms with Gasteiger partial charge in [-0.1, -0.05) is 17.3 Å². The van der Waals surface area contributed by atoms with Gasteiger partial charge >= 0.3 is 6.03 Å². The molecule has 2 amide bonds. The maximum absolute atomic E-state index is 12.4. The molecule has 9 nitrogen and oxygen atoms in total. The number of amides is 2. The second-order valence-electron chi connectivity index (χ2n) is 6.31. The normalized spacial score (nSPS) is 18.8. The smallest absolute Gasteiger partial charge is 0.318 e. The largest absolute Gasteiger partial charge is 0.491 e. The first-order valence-electron chi connectivity index (χ1n) is 8.35. The molecule has 4 rings (SSSR count). The van der Waals surface area contributed by atoms with Gasteiger partial charge in [0, 0.05) is 25.3 Å². The van der Waals surface area contributed by atoms with Gasteiger partial charge in [-0.15, -0.1) is 0 Å². The van der Waals surface area contributed by atoms with Crippen molar-refractivity contribution >= 4 is 6.03 Å². The molecule has 0 radical (unpaired) electrons.